The van der Waals surface area contributed by atoms with E-state index in [-0.39, 0.29) is 18.1 Å². The molecule has 1 N–H and O–H groups in total. The largest absolute Gasteiger partial charge is 0.361 e. The molecule has 0 aliphatic carbocycles. The molecule has 5 nitrogen and oxygen atoms in total. The van der Waals surface area contributed by atoms with Gasteiger partial charge in [0.1, 0.15) is 6.17 Å². The summed E-state index contributed by atoms with van der Waals surface area (Å²) in [6, 6.07) is 27.6. The number of carbonyl (C=O) groups excluding carboxylic acids is 1. The molecule has 1 amide bonds. The molecule has 0 unspecified atom stereocenters. The van der Waals surface area contributed by atoms with Crippen LogP contribution >= 0.6 is 0 Å². The van der Waals surface area contributed by atoms with E-state index in [0.717, 1.165) is 22.5 Å². The molecule has 30 heavy (non-hydrogen) atoms. The van der Waals surface area contributed by atoms with Crippen molar-refractivity contribution in [1.29, 1.82) is 0 Å². The summed E-state index contributed by atoms with van der Waals surface area (Å²) in [5.74, 6) is 0.0122. The third-order valence-corrected chi connectivity index (χ3v) is 5.60. The first-order chi connectivity index (χ1) is 14.7. The Morgan fingerprint density at radius 3 is 2.33 bits per heavy atom. The molecule has 4 aromatic rings. The first kappa shape index (κ1) is 18.2. The normalized spacial score (nSPS) is 16.6. The number of fused-ring (bicyclic) bond motifs is 1. The Morgan fingerprint density at radius 1 is 0.900 bits per heavy atom. The molecule has 5 rings (SSSR count). The van der Waals surface area contributed by atoms with Gasteiger partial charge in [-0.3, -0.25) is 4.79 Å². The average Bonchev–Trinajstić information content (AvgIpc) is 3.30. The van der Waals surface area contributed by atoms with Gasteiger partial charge in [-0.15, -0.1) is 0 Å². The molecule has 148 valence electrons. The van der Waals surface area contributed by atoms with E-state index in [1.54, 1.807) is 0 Å². The highest BCUT2D eigenvalue weighted by Crippen LogP contribution is 2.38. The lowest BCUT2D eigenvalue weighted by molar-refractivity contribution is 0.0596. The van der Waals surface area contributed by atoms with Gasteiger partial charge in [0.25, 0.3) is 5.91 Å². The summed E-state index contributed by atoms with van der Waals surface area (Å²) in [7, 11) is 0. The van der Waals surface area contributed by atoms with Crippen LogP contribution in [0.5, 0.6) is 0 Å². The number of rotatable bonds is 4. The molecule has 2 heterocycles. The highest BCUT2D eigenvalue weighted by atomic mass is 16.2. The summed E-state index contributed by atoms with van der Waals surface area (Å²) in [4.78, 5) is 15.5. The number of aromatic nitrogens is 2. The first-order valence-corrected chi connectivity index (χ1v) is 10.1. The molecule has 0 radical (unpaired) electrons. The fraction of sp³-hybridized carbons (Fsp3) is 0.120. The maximum absolute atomic E-state index is 13.6. The van der Waals surface area contributed by atoms with Crippen molar-refractivity contribution < 1.29 is 4.79 Å². The molecule has 3 aromatic carbocycles. The fourth-order valence-electron chi connectivity index (χ4n) is 4.00. The van der Waals surface area contributed by atoms with E-state index in [1.165, 1.54) is 0 Å². The monoisotopic (exact) mass is 394 g/mol. The standard InChI is InChI=1S/C25H22N4O/c1-18(19-10-4-2-5-11-19)29-24(27-23-15-9-8-14-22(23)25(29)30)20-16-26-28(17-20)21-12-6-3-7-13-21/h2-18,24,27H,1H3/t18-,24-/m1/s1. The predicted octanol–water partition coefficient (Wildman–Crippen LogP) is 5.20. The second kappa shape index (κ2) is 7.52. The van der Waals surface area contributed by atoms with Crippen molar-refractivity contribution in [2.24, 2.45) is 0 Å². The van der Waals surface area contributed by atoms with Gasteiger partial charge in [-0.1, -0.05) is 60.7 Å². The number of nitrogens with one attached hydrogen (secondary N) is 1. The molecule has 0 fully saturated rings. The summed E-state index contributed by atoms with van der Waals surface area (Å²) >= 11 is 0. The summed E-state index contributed by atoms with van der Waals surface area (Å²) in [5, 5.41) is 8.11. The van der Waals surface area contributed by atoms with Crippen LogP contribution in [0.3, 0.4) is 0 Å². The number of nitrogens with zero attached hydrogens (tertiary/aromatic N) is 3. The summed E-state index contributed by atoms with van der Waals surface area (Å²) in [6.07, 6.45) is 3.50. The minimum Gasteiger partial charge on any atom is -0.361 e. The van der Waals surface area contributed by atoms with Crippen LogP contribution in [0.1, 0.15) is 40.6 Å². The highest BCUT2D eigenvalue weighted by molar-refractivity contribution is 6.02. The van der Waals surface area contributed by atoms with Crippen LogP contribution in [0.4, 0.5) is 5.69 Å². The quantitative estimate of drug-likeness (QED) is 0.518. The minimum atomic E-state index is -0.319. The Kier molecular flexibility index (Phi) is 4.56. The van der Waals surface area contributed by atoms with Gasteiger partial charge in [0, 0.05) is 17.4 Å². The average molecular weight is 394 g/mol. The number of anilines is 1. The number of hydrogen-bond acceptors (Lipinski definition) is 3. The van der Waals surface area contributed by atoms with Crippen LogP contribution in [0.25, 0.3) is 5.69 Å². The van der Waals surface area contributed by atoms with Gasteiger partial charge in [-0.25, -0.2) is 4.68 Å². The molecule has 0 saturated heterocycles. The van der Waals surface area contributed by atoms with Gasteiger partial charge in [-0.2, -0.15) is 5.10 Å². The molecule has 1 aromatic heterocycles. The Labute approximate surface area is 175 Å². The van der Waals surface area contributed by atoms with Gasteiger partial charge in [0.15, 0.2) is 0 Å². The Hall–Kier alpha value is -3.86. The van der Waals surface area contributed by atoms with Crippen LogP contribution < -0.4 is 5.32 Å². The molecule has 5 heteroatoms. The highest BCUT2D eigenvalue weighted by Gasteiger charge is 2.37. The van der Waals surface area contributed by atoms with E-state index in [4.69, 9.17) is 0 Å². The maximum atomic E-state index is 13.6. The third-order valence-electron chi connectivity index (χ3n) is 5.60. The van der Waals surface area contributed by atoms with Gasteiger partial charge in [0.2, 0.25) is 0 Å². The van der Waals surface area contributed by atoms with Crippen molar-refractivity contribution in [2.75, 3.05) is 5.32 Å². The zero-order valence-corrected chi connectivity index (χ0v) is 16.6. The van der Waals surface area contributed by atoms with Gasteiger partial charge in [-0.05, 0) is 36.8 Å². The zero-order chi connectivity index (χ0) is 20.5. The number of benzene rings is 3. The molecular weight excluding hydrogens is 372 g/mol. The first-order valence-electron chi connectivity index (χ1n) is 10.1. The van der Waals surface area contributed by atoms with Crippen LogP contribution in [0, 0.1) is 0 Å². The molecule has 0 saturated carbocycles. The topological polar surface area (TPSA) is 50.2 Å². The number of carbonyl (C=O) groups is 1. The summed E-state index contributed by atoms with van der Waals surface area (Å²) in [6.45, 7) is 2.07. The van der Waals surface area contributed by atoms with Gasteiger partial charge in [0.05, 0.1) is 23.5 Å². The van der Waals surface area contributed by atoms with E-state index in [2.05, 4.69) is 29.5 Å². The zero-order valence-electron chi connectivity index (χ0n) is 16.6. The van der Waals surface area contributed by atoms with E-state index in [0.29, 0.717) is 5.56 Å². The smallest absolute Gasteiger partial charge is 0.258 e. The predicted molar refractivity (Wildman–Crippen MR) is 117 cm³/mol. The maximum Gasteiger partial charge on any atom is 0.258 e. The van der Waals surface area contributed by atoms with Gasteiger partial charge >= 0.3 is 0 Å². The summed E-state index contributed by atoms with van der Waals surface area (Å²) < 4.78 is 1.84. The van der Waals surface area contributed by atoms with Crippen LogP contribution in [0.15, 0.2) is 97.3 Å². The van der Waals surface area contributed by atoms with Crippen molar-refractivity contribution >= 4 is 11.6 Å². The minimum absolute atomic E-state index is 0.0122. The van der Waals surface area contributed by atoms with Crippen LogP contribution in [-0.4, -0.2) is 20.6 Å². The number of hydrogen-bond donors (Lipinski definition) is 1. The molecule has 1 aliphatic heterocycles. The van der Waals surface area contributed by atoms with Crippen molar-refractivity contribution in [3.8, 4) is 5.69 Å². The second-order valence-corrected chi connectivity index (χ2v) is 7.45. The molecule has 1 aliphatic rings. The van der Waals surface area contributed by atoms with E-state index in [1.807, 2.05) is 94.8 Å². The lowest BCUT2D eigenvalue weighted by atomic mass is 10.00. The molecule has 0 spiro atoms. The Morgan fingerprint density at radius 2 is 1.57 bits per heavy atom. The Bertz CT molecular complexity index is 1170. The molecular formula is C25H22N4O. The molecule has 2 atom stereocenters. The van der Waals surface area contributed by atoms with Crippen molar-refractivity contribution in [3.63, 3.8) is 0 Å². The van der Waals surface area contributed by atoms with E-state index < -0.39 is 0 Å². The lowest BCUT2D eigenvalue weighted by Gasteiger charge is -2.41. The fourth-order valence-corrected chi connectivity index (χ4v) is 4.00. The molecule has 0 bridgehead atoms. The number of amides is 1. The van der Waals surface area contributed by atoms with Crippen LogP contribution in [0.2, 0.25) is 0 Å². The second-order valence-electron chi connectivity index (χ2n) is 7.45. The van der Waals surface area contributed by atoms with Gasteiger partial charge < -0.3 is 10.2 Å². The third kappa shape index (κ3) is 3.14. The van der Waals surface area contributed by atoms with Crippen molar-refractivity contribution in [2.45, 2.75) is 19.1 Å². The number of para-hydroxylation sites is 2. The SMILES string of the molecule is C[C@H](c1ccccc1)N1C(=O)c2ccccc2N[C@H]1c1cnn(-c2ccccc2)c1. The summed E-state index contributed by atoms with van der Waals surface area (Å²) in [5.41, 5.74) is 4.54. The van der Waals surface area contributed by atoms with Crippen LogP contribution in [-0.2, 0) is 0 Å². The lowest BCUT2D eigenvalue weighted by Crippen LogP contribution is -2.44. The van der Waals surface area contributed by atoms with Crippen molar-refractivity contribution in [3.05, 3.63) is 114 Å². The van der Waals surface area contributed by atoms with E-state index in [9.17, 15) is 4.79 Å². The Balaban J connectivity index is 1.58. The van der Waals surface area contributed by atoms with E-state index >= 15 is 0 Å². The van der Waals surface area contributed by atoms with Crippen molar-refractivity contribution in [1.82, 2.24) is 14.7 Å².